The number of hydrogen-bond acceptors (Lipinski definition) is 3. The molecule has 1 saturated heterocycles. The monoisotopic (exact) mass is 353 g/mol. The van der Waals surface area contributed by atoms with Crippen LogP contribution in [-0.2, 0) is 4.79 Å². The molecule has 5 heteroatoms. The molecule has 1 unspecified atom stereocenters. The van der Waals surface area contributed by atoms with Crippen LogP contribution in [0.4, 0.5) is 5.69 Å². The van der Waals surface area contributed by atoms with Gasteiger partial charge in [0.15, 0.2) is 0 Å². The summed E-state index contributed by atoms with van der Waals surface area (Å²) >= 11 is 3.50. The summed E-state index contributed by atoms with van der Waals surface area (Å²) < 4.78 is 0.932. The van der Waals surface area contributed by atoms with Crippen LogP contribution in [0.5, 0.6) is 0 Å². The second-order valence-electron chi connectivity index (χ2n) is 5.71. The van der Waals surface area contributed by atoms with Crippen molar-refractivity contribution in [2.75, 3.05) is 32.0 Å². The maximum absolute atomic E-state index is 12.3. The lowest BCUT2D eigenvalue weighted by atomic mass is 10.0. The number of carbonyl (C=O) groups excluding carboxylic acids is 1. The van der Waals surface area contributed by atoms with Crippen molar-refractivity contribution in [2.45, 2.75) is 32.2 Å². The molecule has 4 nitrogen and oxygen atoms in total. The van der Waals surface area contributed by atoms with Gasteiger partial charge in [-0.3, -0.25) is 9.69 Å². The van der Waals surface area contributed by atoms with Gasteiger partial charge in [0, 0.05) is 17.1 Å². The predicted molar refractivity (Wildman–Crippen MR) is 90.6 cm³/mol. The minimum absolute atomic E-state index is 0.0579. The largest absolute Gasteiger partial charge is 0.324 e. The molecule has 21 heavy (non-hydrogen) atoms. The number of rotatable bonds is 5. The van der Waals surface area contributed by atoms with Crippen LogP contribution in [0.1, 0.15) is 24.8 Å². The average molecular weight is 354 g/mol. The van der Waals surface area contributed by atoms with Crippen molar-refractivity contribution in [3.8, 4) is 0 Å². The maximum Gasteiger partial charge on any atom is 0.238 e. The van der Waals surface area contributed by atoms with Crippen LogP contribution in [0, 0.1) is 6.92 Å². The first kappa shape index (κ1) is 16.5. The van der Waals surface area contributed by atoms with E-state index >= 15 is 0 Å². The highest BCUT2D eigenvalue weighted by Crippen LogP contribution is 2.23. The maximum atomic E-state index is 12.3. The molecule has 2 rings (SSSR count). The van der Waals surface area contributed by atoms with E-state index in [0.717, 1.165) is 23.2 Å². The topological polar surface area (TPSA) is 44.4 Å². The highest BCUT2D eigenvalue weighted by Gasteiger charge is 2.23. The summed E-state index contributed by atoms with van der Waals surface area (Å²) in [4.78, 5) is 14.6. The fourth-order valence-corrected chi connectivity index (χ4v) is 3.42. The van der Waals surface area contributed by atoms with Gasteiger partial charge in [-0.15, -0.1) is 0 Å². The quantitative estimate of drug-likeness (QED) is 0.855. The average Bonchev–Trinajstić information content (AvgIpc) is 2.44. The van der Waals surface area contributed by atoms with Crippen molar-refractivity contribution in [3.05, 3.63) is 28.2 Å². The van der Waals surface area contributed by atoms with Gasteiger partial charge in [-0.2, -0.15) is 0 Å². The van der Waals surface area contributed by atoms with E-state index in [9.17, 15) is 4.79 Å². The molecule has 0 aliphatic carbocycles. The minimum Gasteiger partial charge on any atom is -0.324 e. The highest BCUT2D eigenvalue weighted by atomic mass is 79.9. The first-order valence-corrected chi connectivity index (χ1v) is 8.34. The van der Waals surface area contributed by atoms with Gasteiger partial charge in [0.25, 0.3) is 0 Å². The molecule has 0 saturated carbocycles. The predicted octanol–water partition coefficient (Wildman–Crippen LogP) is 2.77. The number of anilines is 1. The van der Waals surface area contributed by atoms with Crippen LogP contribution in [-0.4, -0.2) is 43.5 Å². The Balaban J connectivity index is 1.93. The SMILES string of the molecule is CNCC1CCCCN1CC(=O)Nc1ccc(C)cc1Br. The molecule has 1 aliphatic rings. The number of hydrogen-bond donors (Lipinski definition) is 2. The van der Waals surface area contributed by atoms with Crippen LogP contribution >= 0.6 is 15.9 Å². The summed E-state index contributed by atoms with van der Waals surface area (Å²) in [5.41, 5.74) is 2.01. The van der Waals surface area contributed by atoms with E-state index in [4.69, 9.17) is 0 Å². The third-order valence-electron chi connectivity index (χ3n) is 3.93. The Labute approximate surface area is 135 Å². The summed E-state index contributed by atoms with van der Waals surface area (Å²) in [7, 11) is 1.97. The number of carbonyl (C=O) groups is 1. The van der Waals surface area contributed by atoms with Crippen LogP contribution in [0.2, 0.25) is 0 Å². The second kappa shape index (κ2) is 7.92. The summed E-state index contributed by atoms with van der Waals surface area (Å²) in [5.74, 6) is 0.0579. The van der Waals surface area contributed by atoms with Gasteiger partial charge >= 0.3 is 0 Å². The van der Waals surface area contributed by atoms with E-state index in [-0.39, 0.29) is 5.91 Å². The fourth-order valence-electron chi connectivity index (χ4n) is 2.83. The van der Waals surface area contributed by atoms with Crippen LogP contribution in [0.3, 0.4) is 0 Å². The van der Waals surface area contributed by atoms with Gasteiger partial charge in [0.05, 0.1) is 12.2 Å². The van der Waals surface area contributed by atoms with E-state index in [0.29, 0.717) is 12.6 Å². The van der Waals surface area contributed by atoms with Gasteiger partial charge in [-0.05, 0) is 67.0 Å². The number of aryl methyl sites for hydroxylation is 1. The van der Waals surface area contributed by atoms with Gasteiger partial charge < -0.3 is 10.6 Å². The standard InChI is InChI=1S/C16H24BrN3O/c1-12-6-7-15(14(17)9-12)19-16(21)11-20-8-4-3-5-13(20)10-18-2/h6-7,9,13,18H,3-5,8,10-11H2,1-2H3,(H,19,21). The first-order chi connectivity index (χ1) is 10.1. The Morgan fingerprint density at radius 1 is 1.43 bits per heavy atom. The Bertz CT molecular complexity index is 490. The molecular formula is C16H24BrN3O. The summed E-state index contributed by atoms with van der Waals surface area (Å²) in [5, 5.41) is 6.22. The van der Waals surface area contributed by atoms with Crippen LogP contribution in [0.15, 0.2) is 22.7 Å². The zero-order valence-corrected chi connectivity index (χ0v) is 14.4. The number of benzene rings is 1. The Kier molecular flexibility index (Phi) is 6.21. The Morgan fingerprint density at radius 3 is 2.95 bits per heavy atom. The lowest BCUT2D eigenvalue weighted by Gasteiger charge is -2.35. The van der Waals surface area contributed by atoms with Gasteiger partial charge in [-0.1, -0.05) is 12.5 Å². The zero-order valence-electron chi connectivity index (χ0n) is 12.8. The van der Waals surface area contributed by atoms with Gasteiger partial charge in [0.2, 0.25) is 5.91 Å². The smallest absolute Gasteiger partial charge is 0.238 e. The molecule has 1 aliphatic heterocycles. The number of likely N-dealkylation sites (tertiary alicyclic amines) is 1. The molecule has 0 radical (unpaired) electrons. The molecule has 0 aromatic heterocycles. The van der Waals surface area contributed by atoms with Gasteiger partial charge in [0.1, 0.15) is 0 Å². The van der Waals surface area contributed by atoms with Crippen molar-refractivity contribution < 1.29 is 4.79 Å². The molecule has 1 amide bonds. The zero-order chi connectivity index (χ0) is 15.2. The molecule has 1 heterocycles. The lowest BCUT2D eigenvalue weighted by Crippen LogP contribution is -2.47. The van der Waals surface area contributed by atoms with Gasteiger partial charge in [-0.25, -0.2) is 0 Å². The van der Waals surface area contributed by atoms with E-state index in [1.54, 1.807) is 0 Å². The number of halogens is 1. The summed E-state index contributed by atoms with van der Waals surface area (Å²) in [6.07, 6.45) is 3.61. The summed E-state index contributed by atoms with van der Waals surface area (Å²) in [6, 6.07) is 6.43. The number of likely N-dealkylation sites (N-methyl/N-ethyl adjacent to an activating group) is 1. The van der Waals surface area contributed by atoms with Crippen molar-refractivity contribution in [3.63, 3.8) is 0 Å². The Hall–Kier alpha value is -0.910. The third-order valence-corrected chi connectivity index (χ3v) is 4.59. The van der Waals surface area contributed by atoms with Crippen LogP contribution < -0.4 is 10.6 Å². The molecular weight excluding hydrogens is 330 g/mol. The van der Waals surface area contributed by atoms with E-state index in [1.807, 2.05) is 32.2 Å². The van der Waals surface area contributed by atoms with Crippen molar-refractivity contribution in [1.82, 2.24) is 10.2 Å². The lowest BCUT2D eigenvalue weighted by molar-refractivity contribution is -0.118. The molecule has 1 aromatic rings. The minimum atomic E-state index is 0.0579. The number of nitrogens with zero attached hydrogens (tertiary/aromatic N) is 1. The molecule has 116 valence electrons. The summed E-state index contributed by atoms with van der Waals surface area (Å²) in [6.45, 7) is 4.45. The first-order valence-electron chi connectivity index (χ1n) is 7.55. The molecule has 2 N–H and O–H groups in total. The normalized spacial score (nSPS) is 19.5. The van der Waals surface area contributed by atoms with E-state index < -0.39 is 0 Å². The highest BCUT2D eigenvalue weighted by molar-refractivity contribution is 9.10. The number of nitrogens with one attached hydrogen (secondary N) is 2. The van der Waals surface area contributed by atoms with Crippen molar-refractivity contribution in [1.29, 1.82) is 0 Å². The number of amides is 1. The second-order valence-corrected chi connectivity index (χ2v) is 6.56. The molecule has 0 spiro atoms. The van der Waals surface area contributed by atoms with Crippen LogP contribution in [0.25, 0.3) is 0 Å². The Morgan fingerprint density at radius 2 is 2.24 bits per heavy atom. The molecule has 1 fully saturated rings. The molecule has 1 aromatic carbocycles. The molecule has 1 atom stereocenters. The fraction of sp³-hybridized carbons (Fsp3) is 0.562. The third kappa shape index (κ3) is 4.80. The van der Waals surface area contributed by atoms with E-state index in [2.05, 4.69) is 31.5 Å². The number of piperidine rings is 1. The van der Waals surface area contributed by atoms with E-state index in [1.165, 1.54) is 24.8 Å². The molecule has 0 bridgehead atoms. The van der Waals surface area contributed by atoms with Crippen molar-refractivity contribution in [2.24, 2.45) is 0 Å². The van der Waals surface area contributed by atoms with Crippen molar-refractivity contribution >= 4 is 27.5 Å².